The number of hydrogen-bond donors (Lipinski definition) is 1. The van der Waals surface area contributed by atoms with Crippen LogP contribution in [0.15, 0.2) is 0 Å². The van der Waals surface area contributed by atoms with Gasteiger partial charge in [-0.25, -0.2) is 0 Å². The van der Waals surface area contributed by atoms with Gasteiger partial charge in [-0.05, 0) is 24.7 Å². The molecule has 1 N–H and O–H groups in total. The second kappa shape index (κ2) is 19.8. The first-order valence-corrected chi connectivity index (χ1v) is 12.0. The minimum atomic E-state index is -4.76. The molecule has 0 rings (SSSR count). The van der Waals surface area contributed by atoms with Crippen molar-refractivity contribution < 1.29 is 32.0 Å². The Hall–Kier alpha value is 0.140. The van der Waals surface area contributed by atoms with Gasteiger partial charge in [0.05, 0.1) is 19.6 Å². The molecule has 0 saturated heterocycles. The van der Waals surface area contributed by atoms with Crippen molar-refractivity contribution >= 4 is 64.0 Å². The summed E-state index contributed by atoms with van der Waals surface area (Å²) in [6, 6.07) is 0. The summed E-state index contributed by atoms with van der Waals surface area (Å²) in [5.74, 6) is -1.61. The molecule has 0 spiro atoms. The van der Waals surface area contributed by atoms with E-state index in [-0.39, 0.29) is 67.0 Å². The predicted octanol–water partition coefficient (Wildman–Crippen LogP) is 3.93. The molecule has 0 aliphatic heterocycles. The first-order chi connectivity index (χ1) is 13.2. The third kappa shape index (κ3) is 15.9. The second-order valence-corrected chi connectivity index (χ2v) is 8.95. The van der Waals surface area contributed by atoms with Crippen LogP contribution in [0.4, 0.5) is 0 Å². The summed E-state index contributed by atoms with van der Waals surface area (Å²) in [6.07, 6.45) is 6.74. The number of esters is 2. The van der Waals surface area contributed by atoms with Crippen LogP contribution in [0, 0.1) is 11.8 Å². The van der Waals surface area contributed by atoms with Crippen LogP contribution in [0.5, 0.6) is 0 Å². The Labute approximate surface area is 210 Å². The summed E-state index contributed by atoms with van der Waals surface area (Å²) < 4.78 is 42.8. The first kappa shape index (κ1) is 34.7. The third-order valence-electron chi connectivity index (χ3n) is 5.00. The number of halogens is 1. The molecular weight excluding hydrogens is 443 g/mol. The van der Waals surface area contributed by atoms with Gasteiger partial charge >= 0.3 is 41.5 Å². The number of unbranched alkanes of at least 4 members (excludes halogenated alkanes) is 2. The average molecular weight is 483 g/mol. The molecule has 30 heavy (non-hydrogen) atoms. The Morgan fingerprint density at radius 1 is 0.867 bits per heavy atom. The molecule has 0 aromatic heterocycles. The van der Waals surface area contributed by atoms with Gasteiger partial charge in [-0.15, -0.1) is 12.4 Å². The number of hydrogen-bond acceptors (Lipinski definition) is 6. The van der Waals surface area contributed by atoms with E-state index in [4.69, 9.17) is 9.47 Å². The molecule has 0 radical (unpaired) electrons. The fourth-order valence-corrected chi connectivity index (χ4v) is 3.48. The molecule has 0 aromatic carbocycles. The maximum atomic E-state index is 12.2. The van der Waals surface area contributed by atoms with E-state index in [1.54, 1.807) is 0 Å². The van der Waals surface area contributed by atoms with Crippen LogP contribution in [-0.4, -0.2) is 72.9 Å². The van der Waals surface area contributed by atoms with Gasteiger partial charge in [0, 0.05) is 0 Å². The minimum absolute atomic E-state index is 0. The van der Waals surface area contributed by atoms with Gasteiger partial charge in [0.1, 0.15) is 0 Å². The molecule has 3 unspecified atom stereocenters. The van der Waals surface area contributed by atoms with Crippen LogP contribution in [0.25, 0.3) is 0 Å². The van der Waals surface area contributed by atoms with Crippen LogP contribution in [0.1, 0.15) is 85.5 Å². The molecule has 0 bridgehead atoms. The van der Waals surface area contributed by atoms with E-state index in [1.165, 1.54) is 0 Å². The van der Waals surface area contributed by atoms with E-state index < -0.39 is 33.7 Å². The standard InChI is InChI=1S/C20H38O7S.ClH.Na.H/c1-5-9-11-16(7-3)14-26-19(21)13-18(28(23,24)25)20(22)27-15-17(8-4)12-10-6-2;;;/h16-18H,5-15H2,1-4H3,(H,23,24,25);1H;;. The fraction of sp³-hybridized carbons (Fsp3) is 0.900. The van der Waals surface area contributed by atoms with Crippen LogP contribution >= 0.6 is 12.4 Å². The fourth-order valence-electron chi connectivity index (χ4n) is 2.82. The van der Waals surface area contributed by atoms with Crippen molar-refractivity contribution in [1.29, 1.82) is 0 Å². The summed E-state index contributed by atoms with van der Waals surface area (Å²) in [7, 11) is -4.76. The maximum absolute atomic E-state index is 12.2. The molecule has 0 aliphatic rings. The molecule has 0 heterocycles. The van der Waals surface area contributed by atoms with E-state index in [9.17, 15) is 22.6 Å². The molecule has 0 fully saturated rings. The van der Waals surface area contributed by atoms with E-state index in [2.05, 4.69) is 13.8 Å². The van der Waals surface area contributed by atoms with Crippen LogP contribution < -0.4 is 0 Å². The molecule has 7 nitrogen and oxygen atoms in total. The molecule has 0 aliphatic carbocycles. The van der Waals surface area contributed by atoms with Crippen molar-refractivity contribution in [3.63, 3.8) is 0 Å². The van der Waals surface area contributed by atoms with Crippen LogP contribution in [0.3, 0.4) is 0 Å². The molecule has 10 heteroatoms. The summed E-state index contributed by atoms with van der Waals surface area (Å²) in [5, 5.41) is -1.95. The summed E-state index contributed by atoms with van der Waals surface area (Å²) in [4.78, 5) is 24.2. The molecule has 176 valence electrons. The quantitative estimate of drug-likeness (QED) is 0.202. The first-order valence-electron chi connectivity index (χ1n) is 10.5. The van der Waals surface area contributed by atoms with Crippen molar-refractivity contribution in [2.24, 2.45) is 11.8 Å². The van der Waals surface area contributed by atoms with Crippen LogP contribution in [0.2, 0.25) is 0 Å². The summed E-state index contributed by atoms with van der Waals surface area (Å²) in [5.41, 5.74) is 0. The van der Waals surface area contributed by atoms with Crippen molar-refractivity contribution in [2.45, 2.75) is 90.7 Å². The third-order valence-corrected chi connectivity index (χ3v) is 6.08. The molecule has 0 saturated carbocycles. The Kier molecular flexibility index (Phi) is 22.9. The second-order valence-electron chi connectivity index (χ2n) is 7.35. The number of rotatable bonds is 16. The van der Waals surface area contributed by atoms with Crippen molar-refractivity contribution in [1.82, 2.24) is 0 Å². The zero-order chi connectivity index (χ0) is 21.6. The Morgan fingerprint density at radius 2 is 1.30 bits per heavy atom. The van der Waals surface area contributed by atoms with Gasteiger partial charge < -0.3 is 9.47 Å². The van der Waals surface area contributed by atoms with Gasteiger partial charge in [0.15, 0.2) is 5.25 Å². The Morgan fingerprint density at radius 3 is 1.67 bits per heavy atom. The summed E-state index contributed by atoms with van der Waals surface area (Å²) in [6.45, 7) is 8.35. The predicted molar refractivity (Wildman–Crippen MR) is 123 cm³/mol. The zero-order valence-corrected chi connectivity index (χ0v) is 19.9. The monoisotopic (exact) mass is 482 g/mol. The Balaban J connectivity index is -0.00000364. The van der Waals surface area contributed by atoms with Crippen LogP contribution in [-0.2, 0) is 29.2 Å². The molecule has 0 amide bonds. The normalized spacial score (nSPS) is 13.9. The van der Waals surface area contributed by atoms with E-state index in [0.717, 1.165) is 51.4 Å². The topological polar surface area (TPSA) is 107 Å². The molecule has 3 atom stereocenters. The number of ether oxygens (including phenoxy) is 2. The Bertz CT molecular complexity index is 557. The number of carbonyl (C=O) groups is 2. The van der Waals surface area contributed by atoms with Gasteiger partial charge in [-0.3, -0.25) is 14.1 Å². The number of carbonyl (C=O) groups excluding carboxylic acids is 2. The summed E-state index contributed by atoms with van der Waals surface area (Å²) >= 11 is 0. The van der Waals surface area contributed by atoms with E-state index in [1.807, 2.05) is 13.8 Å². The van der Waals surface area contributed by atoms with Crippen molar-refractivity contribution in [2.75, 3.05) is 13.2 Å². The van der Waals surface area contributed by atoms with E-state index >= 15 is 0 Å². The van der Waals surface area contributed by atoms with Crippen molar-refractivity contribution in [3.05, 3.63) is 0 Å². The van der Waals surface area contributed by atoms with Gasteiger partial charge in [0.25, 0.3) is 10.1 Å². The zero-order valence-electron chi connectivity index (χ0n) is 18.2. The van der Waals surface area contributed by atoms with E-state index in [0.29, 0.717) is 0 Å². The SMILES string of the molecule is CCCCC(CC)COC(=O)CC(C(=O)OCC(CC)CCCC)S(=O)(=O)O.Cl.[NaH]. The van der Waals surface area contributed by atoms with Gasteiger partial charge in [-0.1, -0.05) is 66.2 Å². The molecular formula is C20H40ClNaO7S. The van der Waals surface area contributed by atoms with Gasteiger partial charge in [0.2, 0.25) is 0 Å². The van der Waals surface area contributed by atoms with Gasteiger partial charge in [-0.2, -0.15) is 8.42 Å². The van der Waals surface area contributed by atoms with Crippen molar-refractivity contribution in [3.8, 4) is 0 Å². The molecule has 0 aromatic rings. The average Bonchev–Trinajstić information content (AvgIpc) is 2.65.